The number of aryl methyl sites for hydroxylation is 2. The lowest BCUT2D eigenvalue weighted by atomic mass is 9.94. The van der Waals surface area contributed by atoms with E-state index in [0.29, 0.717) is 17.5 Å². The number of hydrogen-bond donors (Lipinski definition) is 3. The molecule has 4 nitrogen and oxygen atoms in total. The topological polar surface area (TPSA) is 75.3 Å². The second-order valence-corrected chi connectivity index (χ2v) is 8.52. The molecule has 4 N–H and O–H groups in total. The highest BCUT2D eigenvalue weighted by Gasteiger charge is 2.39. The number of carbonyl (C=O) groups is 1. The molecule has 1 heterocycles. The first-order valence-electron chi connectivity index (χ1n) is 9.15. The molecule has 0 aromatic heterocycles. The lowest BCUT2D eigenvalue weighted by molar-refractivity contribution is -0.116. The Hall–Kier alpha value is -2.24. The number of phenols is 1. The predicted octanol–water partition coefficient (Wildman–Crippen LogP) is 3.19. The van der Waals surface area contributed by atoms with E-state index >= 15 is 0 Å². The molecular formula is C22H26N2O2S. The van der Waals surface area contributed by atoms with Gasteiger partial charge in [-0.3, -0.25) is 4.79 Å². The summed E-state index contributed by atoms with van der Waals surface area (Å²) in [5.74, 6) is 0.212. The van der Waals surface area contributed by atoms with Crippen LogP contribution in [0.25, 0.3) is 6.08 Å². The van der Waals surface area contributed by atoms with E-state index < -0.39 is 0 Å². The molecule has 27 heavy (non-hydrogen) atoms. The van der Waals surface area contributed by atoms with Gasteiger partial charge < -0.3 is 16.2 Å². The average Bonchev–Trinajstić information content (AvgIpc) is 2.64. The van der Waals surface area contributed by atoms with Gasteiger partial charge in [0.05, 0.1) is 0 Å². The van der Waals surface area contributed by atoms with E-state index in [2.05, 4.69) is 5.32 Å². The first-order chi connectivity index (χ1) is 12.9. The minimum atomic E-state index is -0.0969. The third-order valence-electron chi connectivity index (χ3n) is 5.00. The number of hydrogen-bond acceptors (Lipinski definition) is 4. The minimum absolute atomic E-state index is 0.0565. The van der Waals surface area contributed by atoms with Crippen LogP contribution >= 0.6 is 11.8 Å². The highest BCUT2D eigenvalue weighted by Crippen LogP contribution is 2.38. The van der Waals surface area contributed by atoms with Gasteiger partial charge >= 0.3 is 0 Å². The molecule has 2 unspecified atom stereocenters. The van der Waals surface area contributed by atoms with Crippen LogP contribution < -0.4 is 11.1 Å². The van der Waals surface area contributed by atoms with Crippen LogP contribution in [0.1, 0.15) is 22.3 Å². The molecule has 0 bridgehead atoms. The smallest absolute Gasteiger partial charge is 0.244 e. The van der Waals surface area contributed by atoms with Crippen LogP contribution in [0.15, 0.2) is 48.5 Å². The molecular weight excluding hydrogens is 356 g/mol. The van der Waals surface area contributed by atoms with Crippen molar-refractivity contribution in [1.29, 1.82) is 0 Å². The van der Waals surface area contributed by atoms with Crippen LogP contribution in [0.5, 0.6) is 5.75 Å². The Labute approximate surface area is 164 Å². The zero-order chi connectivity index (χ0) is 19.4. The molecule has 0 aliphatic carbocycles. The number of rotatable bonds is 6. The van der Waals surface area contributed by atoms with Crippen molar-refractivity contribution >= 4 is 23.7 Å². The average molecular weight is 383 g/mol. The molecule has 1 fully saturated rings. The molecule has 1 amide bonds. The summed E-state index contributed by atoms with van der Waals surface area (Å²) in [7, 11) is 0. The van der Waals surface area contributed by atoms with Crippen LogP contribution in [-0.4, -0.2) is 34.1 Å². The lowest BCUT2D eigenvalue weighted by Gasteiger charge is -2.42. The number of aromatic hydroxyl groups is 1. The van der Waals surface area contributed by atoms with Crippen molar-refractivity contribution in [3.05, 3.63) is 70.8 Å². The SMILES string of the molecule is Cc1cc(O)cc(C)c1CC1SC(CNC(=O)/C=C/c2ccccc2)[C@H]1N. The Bertz CT molecular complexity index is 812. The summed E-state index contributed by atoms with van der Waals surface area (Å²) in [6.45, 7) is 4.62. The summed E-state index contributed by atoms with van der Waals surface area (Å²) in [4.78, 5) is 12.0. The van der Waals surface area contributed by atoms with Gasteiger partial charge in [-0.2, -0.15) is 0 Å². The zero-order valence-electron chi connectivity index (χ0n) is 15.7. The van der Waals surface area contributed by atoms with E-state index in [1.165, 1.54) is 5.56 Å². The van der Waals surface area contributed by atoms with Crippen molar-refractivity contribution in [2.75, 3.05) is 6.54 Å². The van der Waals surface area contributed by atoms with Crippen LogP contribution in [0.2, 0.25) is 0 Å². The van der Waals surface area contributed by atoms with Gasteiger partial charge in [-0.15, -0.1) is 11.8 Å². The molecule has 3 rings (SSSR count). The summed E-state index contributed by atoms with van der Waals surface area (Å²) in [5.41, 5.74) is 10.8. The number of thioether (sulfide) groups is 1. The summed E-state index contributed by atoms with van der Waals surface area (Å²) >= 11 is 1.83. The van der Waals surface area contributed by atoms with Gasteiger partial charge in [0, 0.05) is 29.2 Å². The molecule has 0 spiro atoms. The largest absolute Gasteiger partial charge is 0.508 e. The zero-order valence-corrected chi connectivity index (χ0v) is 16.5. The van der Waals surface area contributed by atoms with Crippen molar-refractivity contribution in [2.45, 2.75) is 36.8 Å². The summed E-state index contributed by atoms with van der Waals surface area (Å²) in [5, 5.41) is 13.2. The van der Waals surface area contributed by atoms with E-state index in [-0.39, 0.29) is 17.2 Å². The molecule has 1 aliphatic rings. The maximum Gasteiger partial charge on any atom is 0.244 e. The fourth-order valence-electron chi connectivity index (χ4n) is 3.41. The predicted molar refractivity (Wildman–Crippen MR) is 113 cm³/mol. The van der Waals surface area contributed by atoms with Crippen molar-refractivity contribution in [3.63, 3.8) is 0 Å². The second-order valence-electron chi connectivity index (χ2n) is 7.04. The highest BCUT2D eigenvalue weighted by molar-refractivity contribution is 8.02. The Balaban J connectivity index is 1.47. The maximum atomic E-state index is 12.0. The summed E-state index contributed by atoms with van der Waals surface area (Å²) < 4.78 is 0. The molecule has 2 aromatic carbocycles. The molecule has 0 radical (unpaired) electrons. The van der Waals surface area contributed by atoms with Gasteiger partial charge in [0.1, 0.15) is 5.75 Å². The number of phenolic OH excluding ortho intramolecular Hbond substituents is 1. The first kappa shape index (κ1) is 19.5. The molecule has 0 saturated carbocycles. The monoisotopic (exact) mass is 382 g/mol. The Morgan fingerprint density at radius 2 is 1.85 bits per heavy atom. The van der Waals surface area contributed by atoms with Crippen LogP contribution in [0.4, 0.5) is 0 Å². The van der Waals surface area contributed by atoms with Gasteiger partial charge in [-0.25, -0.2) is 0 Å². The van der Waals surface area contributed by atoms with Crippen molar-refractivity contribution in [3.8, 4) is 5.75 Å². The van der Waals surface area contributed by atoms with Crippen LogP contribution in [0.3, 0.4) is 0 Å². The number of benzene rings is 2. The second kappa shape index (κ2) is 8.63. The van der Waals surface area contributed by atoms with Crippen molar-refractivity contribution in [2.24, 2.45) is 5.73 Å². The molecule has 3 atom stereocenters. The normalized spacial score (nSPS) is 21.8. The fourth-order valence-corrected chi connectivity index (χ4v) is 4.78. The van der Waals surface area contributed by atoms with Crippen LogP contribution in [0, 0.1) is 13.8 Å². The van der Waals surface area contributed by atoms with Crippen LogP contribution in [-0.2, 0) is 11.2 Å². The minimum Gasteiger partial charge on any atom is -0.508 e. The van der Waals surface area contributed by atoms with E-state index in [1.807, 2.05) is 62.0 Å². The van der Waals surface area contributed by atoms with Crippen molar-refractivity contribution in [1.82, 2.24) is 5.32 Å². The number of carbonyl (C=O) groups excluding carboxylic acids is 1. The van der Waals surface area contributed by atoms with E-state index in [4.69, 9.17) is 5.73 Å². The first-order valence-corrected chi connectivity index (χ1v) is 10.1. The Morgan fingerprint density at radius 3 is 2.48 bits per heavy atom. The lowest BCUT2D eigenvalue weighted by Crippen LogP contribution is -2.56. The number of nitrogens with one attached hydrogen (secondary N) is 1. The molecule has 1 saturated heterocycles. The van der Waals surface area contributed by atoms with Gasteiger partial charge in [0.2, 0.25) is 5.91 Å². The standard InChI is InChI=1S/C22H26N2O2S/c1-14-10-17(25)11-15(2)18(14)12-19-22(23)20(27-19)13-24-21(26)9-8-16-6-4-3-5-7-16/h3-11,19-20,22,25H,12-13,23H2,1-2H3,(H,24,26)/b9-8+/t19?,20?,22-/m0/s1. The van der Waals surface area contributed by atoms with Gasteiger partial charge in [0.15, 0.2) is 0 Å². The molecule has 1 aliphatic heterocycles. The van der Waals surface area contributed by atoms with Gasteiger partial charge in [0.25, 0.3) is 0 Å². The van der Waals surface area contributed by atoms with E-state index in [9.17, 15) is 9.90 Å². The Morgan fingerprint density at radius 1 is 1.19 bits per heavy atom. The van der Waals surface area contributed by atoms with Gasteiger partial charge in [-0.05, 0) is 60.7 Å². The quantitative estimate of drug-likeness (QED) is 0.671. The van der Waals surface area contributed by atoms with E-state index in [1.54, 1.807) is 18.2 Å². The summed E-state index contributed by atoms with van der Waals surface area (Å²) in [6, 6.07) is 13.4. The fraction of sp³-hybridized carbons (Fsp3) is 0.318. The maximum absolute atomic E-state index is 12.0. The van der Waals surface area contributed by atoms with E-state index in [0.717, 1.165) is 23.1 Å². The third-order valence-corrected chi connectivity index (χ3v) is 6.66. The number of nitrogens with two attached hydrogens (primary N) is 1. The molecule has 2 aromatic rings. The van der Waals surface area contributed by atoms with Gasteiger partial charge in [-0.1, -0.05) is 30.3 Å². The Kier molecular flexibility index (Phi) is 6.24. The molecule has 142 valence electrons. The summed E-state index contributed by atoms with van der Waals surface area (Å²) in [6.07, 6.45) is 4.26. The molecule has 5 heteroatoms. The number of amides is 1. The third kappa shape index (κ3) is 4.93. The highest BCUT2D eigenvalue weighted by atomic mass is 32.2. The van der Waals surface area contributed by atoms with Crippen molar-refractivity contribution < 1.29 is 9.90 Å².